The van der Waals surface area contributed by atoms with Gasteiger partial charge in [-0.05, 0) is 86.3 Å². The van der Waals surface area contributed by atoms with Crippen LogP contribution in [0.4, 0.5) is 0 Å². The third kappa shape index (κ3) is 3.64. The fraction of sp³-hybridized carbons (Fsp3) is 0.636. The number of thioether (sulfide) groups is 1. The highest BCUT2D eigenvalue weighted by Crippen LogP contribution is 2.61. The largest absolute Gasteiger partial charge is 0.352 e. The average Bonchev–Trinajstić information content (AvgIpc) is 2.60. The van der Waals surface area contributed by atoms with Gasteiger partial charge in [0, 0.05) is 11.8 Å². The van der Waals surface area contributed by atoms with Crippen LogP contribution in [0.25, 0.3) is 0 Å². The zero-order valence-electron chi connectivity index (χ0n) is 15.5. The number of hydrogen-bond acceptors (Lipinski definition) is 3. The highest BCUT2D eigenvalue weighted by molar-refractivity contribution is 7.99. The Labute approximate surface area is 160 Å². The molecular weight excluding hydrogens is 340 g/mol. The van der Waals surface area contributed by atoms with E-state index in [0.29, 0.717) is 22.8 Å². The molecule has 0 radical (unpaired) electrons. The minimum Gasteiger partial charge on any atom is -0.352 e. The van der Waals surface area contributed by atoms with E-state index < -0.39 is 0 Å². The van der Waals surface area contributed by atoms with Crippen LogP contribution < -0.4 is 5.32 Å². The molecule has 0 unspecified atom stereocenters. The van der Waals surface area contributed by atoms with Gasteiger partial charge in [-0.1, -0.05) is 12.1 Å². The number of amides is 1. The van der Waals surface area contributed by atoms with Crippen LogP contribution in [0.2, 0.25) is 0 Å². The van der Waals surface area contributed by atoms with Crippen LogP contribution in [0.5, 0.6) is 0 Å². The van der Waals surface area contributed by atoms with Crippen LogP contribution in [-0.2, 0) is 10.5 Å². The van der Waals surface area contributed by atoms with Gasteiger partial charge in [-0.3, -0.25) is 4.79 Å². The van der Waals surface area contributed by atoms with Gasteiger partial charge >= 0.3 is 0 Å². The maximum absolute atomic E-state index is 12.5. The highest BCUT2D eigenvalue weighted by atomic mass is 32.2. The van der Waals surface area contributed by atoms with E-state index in [1.165, 1.54) is 38.5 Å². The van der Waals surface area contributed by atoms with Gasteiger partial charge in [-0.2, -0.15) is 5.26 Å². The summed E-state index contributed by atoms with van der Waals surface area (Å²) >= 11 is 1.63. The quantitative estimate of drug-likeness (QED) is 0.803. The van der Waals surface area contributed by atoms with Crippen molar-refractivity contribution in [1.29, 1.82) is 5.26 Å². The number of nitrogens with one attached hydrogen (secondary N) is 1. The highest BCUT2D eigenvalue weighted by Gasteiger charge is 2.53. The van der Waals surface area contributed by atoms with Crippen molar-refractivity contribution in [3.63, 3.8) is 0 Å². The molecule has 1 aromatic carbocycles. The van der Waals surface area contributed by atoms with E-state index in [0.717, 1.165) is 29.1 Å². The fourth-order valence-electron chi connectivity index (χ4n) is 6.14. The predicted molar refractivity (Wildman–Crippen MR) is 106 cm³/mol. The van der Waals surface area contributed by atoms with Crippen LogP contribution in [0.1, 0.15) is 56.6 Å². The van der Waals surface area contributed by atoms with E-state index >= 15 is 0 Å². The molecule has 0 aromatic heterocycles. The van der Waals surface area contributed by atoms with Gasteiger partial charge in [0.25, 0.3) is 0 Å². The van der Waals surface area contributed by atoms with Gasteiger partial charge in [0.15, 0.2) is 0 Å². The van der Waals surface area contributed by atoms with Crippen LogP contribution in [-0.4, -0.2) is 17.7 Å². The molecule has 3 nitrogen and oxygen atoms in total. The summed E-state index contributed by atoms with van der Waals surface area (Å²) in [6.07, 6.45) is 8.31. The molecule has 4 aliphatic carbocycles. The Kier molecular flexibility index (Phi) is 5.01. The number of nitrogens with zero attached hydrogens (tertiary/aromatic N) is 1. The van der Waals surface area contributed by atoms with Crippen LogP contribution in [0.3, 0.4) is 0 Å². The Bertz CT molecular complexity index is 688. The van der Waals surface area contributed by atoms with Gasteiger partial charge in [-0.15, -0.1) is 11.8 Å². The Balaban J connectivity index is 1.27. The second-order valence-corrected chi connectivity index (χ2v) is 9.86. The SMILES string of the molecule is C[C@H](NC(=O)CSCc1cccc(C#N)c1)C12CC3CC(CC(C3)C1)C2. The van der Waals surface area contributed by atoms with Gasteiger partial charge in [0.2, 0.25) is 5.91 Å². The molecule has 0 spiro atoms. The molecule has 1 aromatic rings. The zero-order valence-corrected chi connectivity index (χ0v) is 16.4. The van der Waals surface area contributed by atoms with Crippen molar-refractivity contribution in [2.45, 2.75) is 57.2 Å². The third-order valence-electron chi connectivity index (χ3n) is 6.94. The van der Waals surface area contributed by atoms with Crippen LogP contribution in [0.15, 0.2) is 24.3 Å². The molecule has 1 amide bonds. The Morgan fingerprint density at radius 3 is 2.54 bits per heavy atom. The van der Waals surface area contributed by atoms with Crippen LogP contribution in [0, 0.1) is 34.5 Å². The van der Waals surface area contributed by atoms with Crippen molar-refractivity contribution in [3.8, 4) is 6.07 Å². The van der Waals surface area contributed by atoms with Crippen molar-refractivity contribution < 1.29 is 4.79 Å². The molecule has 4 fully saturated rings. The van der Waals surface area contributed by atoms with E-state index in [2.05, 4.69) is 18.3 Å². The minimum atomic E-state index is 0.162. The normalized spacial score (nSPS) is 32.8. The molecule has 4 heteroatoms. The number of carbonyl (C=O) groups is 1. The first kappa shape index (κ1) is 17.9. The van der Waals surface area contributed by atoms with Crippen molar-refractivity contribution in [3.05, 3.63) is 35.4 Å². The summed E-state index contributed by atoms with van der Waals surface area (Å²) in [7, 11) is 0. The lowest BCUT2D eigenvalue weighted by Gasteiger charge is -2.59. The molecule has 0 saturated heterocycles. The summed E-state index contributed by atoms with van der Waals surface area (Å²) in [5.74, 6) is 4.18. The number of carbonyl (C=O) groups excluding carboxylic acids is 1. The third-order valence-corrected chi connectivity index (χ3v) is 7.94. The summed E-state index contributed by atoms with van der Waals surface area (Å²) in [4.78, 5) is 12.5. The number of benzene rings is 1. The summed E-state index contributed by atoms with van der Waals surface area (Å²) < 4.78 is 0. The van der Waals surface area contributed by atoms with E-state index in [1.54, 1.807) is 11.8 Å². The number of nitriles is 1. The minimum absolute atomic E-state index is 0.162. The molecule has 26 heavy (non-hydrogen) atoms. The maximum Gasteiger partial charge on any atom is 0.230 e. The Morgan fingerprint density at radius 1 is 1.27 bits per heavy atom. The summed E-state index contributed by atoms with van der Waals surface area (Å²) in [6, 6.07) is 10.1. The average molecular weight is 369 g/mol. The molecule has 1 atom stereocenters. The van der Waals surface area contributed by atoms with Crippen molar-refractivity contribution in [1.82, 2.24) is 5.32 Å². The van der Waals surface area contributed by atoms with Crippen molar-refractivity contribution >= 4 is 17.7 Å². The van der Waals surface area contributed by atoms with E-state index in [4.69, 9.17) is 5.26 Å². The molecule has 0 aliphatic heterocycles. The Hall–Kier alpha value is -1.47. The molecule has 5 rings (SSSR count). The topological polar surface area (TPSA) is 52.9 Å². The first-order valence-corrected chi connectivity index (χ1v) is 11.1. The molecule has 4 bridgehead atoms. The number of rotatable bonds is 6. The Morgan fingerprint density at radius 2 is 1.92 bits per heavy atom. The number of hydrogen-bond donors (Lipinski definition) is 1. The van der Waals surface area contributed by atoms with Crippen LogP contribution >= 0.6 is 11.8 Å². The molecule has 138 valence electrons. The lowest BCUT2D eigenvalue weighted by atomic mass is 9.48. The van der Waals surface area contributed by atoms with E-state index in [-0.39, 0.29) is 5.91 Å². The van der Waals surface area contributed by atoms with E-state index in [1.807, 2.05) is 24.3 Å². The first-order valence-electron chi connectivity index (χ1n) is 9.92. The maximum atomic E-state index is 12.5. The second-order valence-electron chi connectivity index (χ2n) is 8.87. The monoisotopic (exact) mass is 368 g/mol. The van der Waals surface area contributed by atoms with Crippen molar-refractivity contribution in [2.24, 2.45) is 23.2 Å². The lowest BCUT2D eigenvalue weighted by Crippen LogP contribution is -2.56. The van der Waals surface area contributed by atoms with Gasteiger partial charge in [-0.25, -0.2) is 0 Å². The predicted octanol–water partition coefficient (Wildman–Crippen LogP) is 4.51. The standard InChI is InChI=1S/C22H28N2OS/c1-15(22-9-18-6-19(10-22)8-20(7-18)11-22)24-21(25)14-26-13-17-4-2-3-16(5-17)12-23/h2-5,15,18-20H,6-11,13-14H2,1H3,(H,24,25)/t15-,18?,19?,20?,22?/m0/s1. The molecule has 1 N–H and O–H groups in total. The smallest absolute Gasteiger partial charge is 0.230 e. The summed E-state index contributed by atoms with van der Waals surface area (Å²) in [6.45, 7) is 2.24. The molecule has 4 saturated carbocycles. The summed E-state index contributed by atoms with van der Waals surface area (Å²) in [5.41, 5.74) is 2.16. The van der Waals surface area contributed by atoms with E-state index in [9.17, 15) is 4.79 Å². The summed E-state index contributed by atoms with van der Waals surface area (Å²) in [5, 5.41) is 12.3. The first-order chi connectivity index (χ1) is 12.6. The molecule has 4 aliphatic rings. The zero-order chi connectivity index (χ0) is 18.1. The van der Waals surface area contributed by atoms with Gasteiger partial charge in [0.05, 0.1) is 17.4 Å². The molecular formula is C22H28N2OS. The van der Waals surface area contributed by atoms with Crippen molar-refractivity contribution in [2.75, 3.05) is 5.75 Å². The van der Waals surface area contributed by atoms with Gasteiger partial charge in [0.1, 0.15) is 0 Å². The molecule has 0 heterocycles. The fourth-order valence-corrected chi connectivity index (χ4v) is 6.92. The lowest BCUT2D eigenvalue weighted by molar-refractivity contribution is -0.123. The van der Waals surface area contributed by atoms with Gasteiger partial charge < -0.3 is 5.32 Å². The second kappa shape index (κ2) is 7.27.